The standard InChI is InChI=1S/C13H16Cl2N2O/c1-8-2-3-16-12(4-8)13(18)17-11-6-9(14)5-10(15)7-11/h5-8,12,16H,2-4H2,1H3,(H,17,18). The molecule has 3 nitrogen and oxygen atoms in total. The predicted octanol–water partition coefficient (Wildman–Crippen LogP) is 3.32. The Kier molecular flexibility index (Phi) is 4.49. The maximum atomic E-state index is 12.1. The number of hydrogen-bond acceptors (Lipinski definition) is 2. The molecule has 1 fully saturated rings. The quantitative estimate of drug-likeness (QED) is 0.876. The molecular weight excluding hydrogens is 271 g/mol. The first-order valence-corrected chi connectivity index (χ1v) is 6.80. The molecule has 0 aliphatic carbocycles. The number of nitrogens with one attached hydrogen (secondary N) is 2. The van der Waals surface area contributed by atoms with Crippen molar-refractivity contribution < 1.29 is 4.79 Å². The van der Waals surface area contributed by atoms with Crippen LogP contribution in [0.5, 0.6) is 0 Å². The first-order valence-electron chi connectivity index (χ1n) is 6.05. The third kappa shape index (κ3) is 3.61. The van der Waals surface area contributed by atoms with E-state index in [1.165, 1.54) is 0 Å². The molecule has 2 N–H and O–H groups in total. The van der Waals surface area contributed by atoms with Gasteiger partial charge in [0.05, 0.1) is 6.04 Å². The van der Waals surface area contributed by atoms with E-state index in [4.69, 9.17) is 23.2 Å². The highest BCUT2D eigenvalue weighted by Crippen LogP contribution is 2.23. The number of rotatable bonds is 2. The van der Waals surface area contributed by atoms with E-state index in [0.29, 0.717) is 21.7 Å². The summed E-state index contributed by atoms with van der Waals surface area (Å²) in [6, 6.07) is 4.89. The van der Waals surface area contributed by atoms with Crippen LogP contribution in [0.3, 0.4) is 0 Å². The van der Waals surface area contributed by atoms with Crippen LogP contribution in [0.4, 0.5) is 5.69 Å². The van der Waals surface area contributed by atoms with Crippen LogP contribution >= 0.6 is 23.2 Å². The normalized spacial score (nSPS) is 23.7. The lowest BCUT2D eigenvalue weighted by Crippen LogP contribution is -2.45. The summed E-state index contributed by atoms with van der Waals surface area (Å²) in [6.45, 7) is 3.05. The molecule has 0 bridgehead atoms. The van der Waals surface area contributed by atoms with E-state index in [1.54, 1.807) is 18.2 Å². The molecule has 98 valence electrons. The fourth-order valence-electron chi connectivity index (χ4n) is 2.16. The Labute approximate surface area is 117 Å². The van der Waals surface area contributed by atoms with Crippen LogP contribution < -0.4 is 10.6 Å². The molecule has 2 atom stereocenters. The van der Waals surface area contributed by atoms with Gasteiger partial charge in [-0.2, -0.15) is 0 Å². The first-order chi connectivity index (χ1) is 8.54. The summed E-state index contributed by atoms with van der Waals surface area (Å²) in [7, 11) is 0. The van der Waals surface area contributed by atoms with Gasteiger partial charge in [0, 0.05) is 15.7 Å². The van der Waals surface area contributed by atoms with E-state index < -0.39 is 0 Å². The van der Waals surface area contributed by atoms with Crippen LogP contribution in [0.25, 0.3) is 0 Å². The lowest BCUT2D eigenvalue weighted by molar-refractivity contribution is -0.119. The average molecular weight is 287 g/mol. The lowest BCUT2D eigenvalue weighted by Gasteiger charge is -2.27. The predicted molar refractivity (Wildman–Crippen MR) is 75.3 cm³/mol. The molecular formula is C13H16Cl2N2O. The van der Waals surface area contributed by atoms with E-state index in [1.807, 2.05) is 0 Å². The van der Waals surface area contributed by atoms with Gasteiger partial charge in [-0.1, -0.05) is 30.1 Å². The number of benzene rings is 1. The van der Waals surface area contributed by atoms with Crippen molar-refractivity contribution in [3.05, 3.63) is 28.2 Å². The second-order valence-electron chi connectivity index (χ2n) is 4.78. The maximum absolute atomic E-state index is 12.1. The number of carbonyl (C=O) groups is 1. The largest absolute Gasteiger partial charge is 0.325 e. The Balaban J connectivity index is 2.02. The lowest BCUT2D eigenvalue weighted by atomic mass is 9.94. The Bertz CT molecular complexity index is 430. The van der Waals surface area contributed by atoms with Crippen molar-refractivity contribution in [2.24, 2.45) is 5.92 Å². The highest BCUT2D eigenvalue weighted by atomic mass is 35.5. The summed E-state index contributed by atoms with van der Waals surface area (Å²) in [5.41, 5.74) is 0.637. The van der Waals surface area contributed by atoms with Crippen LogP contribution in [0.1, 0.15) is 19.8 Å². The Morgan fingerprint density at radius 1 is 1.33 bits per heavy atom. The van der Waals surface area contributed by atoms with Gasteiger partial charge in [-0.15, -0.1) is 0 Å². The van der Waals surface area contributed by atoms with Crippen molar-refractivity contribution in [1.82, 2.24) is 5.32 Å². The third-order valence-electron chi connectivity index (χ3n) is 3.11. The number of hydrogen-bond donors (Lipinski definition) is 2. The smallest absolute Gasteiger partial charge is 0.241 e. The molecule has 1 heterocycles. The zero-order valence-corrected chi connectivity index (χ0v) is 11.7. The van der Waals surface area contributed by atoms with Crippen LogP contribution in [0.2, 0.25) is 10.0 Å². The fourth-order valence-corrected chi connectivity index (χ4v) is 2.69. The molecule has 0 aromatic heterocycles. The minimum Gasteiger partial charge on any atom is -0.325 e. The van der Waals surface area contributed by atoms with E-state index >= 15 is 0 Å². The Hall–Kier alpha value is -0.770. The molecule has 2 unspecified atom stereocenters. The van der Waals surface area contributed by atoms with Gasteiger partial charge >= 0.3 is 0 Å². The number of halogens is 2. The van der Waals surface area contributed by atoms with Crippen molar-refractivity contribution in [2.45, 2.75) is 25.8 Å². The Morgan fingerprint density at radius 3 is 2.61 bits per heavy atom. The summed E-state index contributed by atoms with van der Waals surface area (Å²) in [6.07, 6.45) is 1.98. The van der Waals surface area contributed by atoms with Gasteiger partial charge in [0.2, 0.25) is 5.91 Å². The molecule has 1 saturated heterocycles. The molecule has 0 saturated carbocycles. The highest BCUT2D eigenvalue weighted by Gasteiger charge is 2.24. The van der Waals surface area contributed by atoms with Crippen LogP contribution in [-0.4, -0.2) is 18.5 Å². The Morgan fingerprint density at radius 2 is 2.00 bits per heavy atom. The molecule has 0 radical (unpaired) electrons. The molecule has 0 spiro atoms. The van der Waals surface area contributed by atoms with Crippen molar-refractivity contribution in [3.63, 3.8) is 0 Å². The van der Waals surface area contributed by atoms with Gasteiger partial charge < -0.3 is 10.6 Å². The number of amides is 1. The molecule has 5 heteroatoms. The van der Waals surface area contributed by atoms with E-state index in [2.05, 4.69) is 17.6 Å². The summed E-state index contributed by atoms with van der Waals surface area (Å²) < 4.78 is 0. The fraction of sp³-hybridized carbons (Fsp3) is 0.462. The summed E-state index contributed by atoms with van der Waals surface area (Å²) in [5.74, 6) is 0.546. The van der Waals surface area contributed by atoms with E-state index in [-0.39, 0.29) is 11.9 Å². The average Bonchev–Trinajstić information content (AvgIpc) is 2.27. The molecule has 1 aliphatic rings. The monoisotopic (exact) mass is 286 g/mol. The zero-order valence-electron chi connectivity index (χ0n) is 10.2. The van der Waals surface area contributed by atoms with Crippen LogP contribution in [-0.2, 0) is 4.79 Å². The van der Waals surface area contributed by atoms with Gasteiger partial charge in [-0.05, 0) is 43.5 Å². The second kappa shape index (κ2) is 5.91. The minimum atomic E-state index is -0.133. The van der Waals surface area contributed by atoms with Gasteiger partial charge in [0.25, 0.3) is 0 Å². The molecule has 1 amide bonds. The second-order valence-corrected chi connectivity index (χ2v) is 5.66. The topological polar surface area (TPSA) is 41.1 Å². The van der Waals surface area contributed by atoms with Gasteiger partial charge in [-0.3, -0.25) is 4.79 Å². The van der Waals surface area contributed by atoms with E-state index in [0.717, 1.165) is 19.4 Å². The number of anilines is 1. The van der Waals surface area contributed by atoms with Gasteiger partial charge in [0.1, 0.15) is 0 Å². The molecule has 1 aromatic carbocycles. The maximum Gasteiger partial charge on any atom is 0.241 e. The highest BCUT2D eigenvalue weighted by molar-refractivity contribution is 6.35. The number of carbonyl (C=O) groups excluding carboxylic acids is 1. The first kappa shape index (κ1) is 13.7. The van der Waals surface area contributed by atoms with Crippen molar-refractivity contribution in [3.8, 4) is 0 Å². The van der Waals surface area contributed by atoms with E-state index in [9.17, 15) is 4.79 Å². The molecule has 18 heavy (non-hydrogen) atoms. The molecule has 2 rings (SSSR count). The summed E-state index contributed by atoms with van der Waals surface area (Å²) >= 11 is 11.8. The van der Waals surface area contributed by atoms with Gasteiger partial charge in [-0.25, -0.2) is 0 Å². The van der Waals surface area contributed by atoms with Crippen molar-refractivity contribution >= 4 is 34.8 Å². The SMILES string of the molecule is CC1CCNC(C(=O)Nc2cc(Cl)cc(Cl)c2)C1. The minimum absolute atomic E-state index is 0.0279. The summed E-state index contributed by atoms with van der Waals surface area (Å²) in [5, 5.41) is 7.10. The molecule has 1 aromatic rings. The van der Waals surface area contributed by atoms with Crippen LogP contribution in [0, 0.1) is 5.92 Å². The third-order valence-corrected chi connectivity index (χ3v) is 3.55. The van der Waals surface area contributed by atoms with Gasteiger partial charge in [0.15, 0.2) is 0 Å². The van der Waals surface area contributed by atoms with Crippen molar-refractivity contribution in [1.29, 1.82) is 0 Å². The number of piperidine rings is 1. The zero-order chi connectivity index (χ0) is 13.1. The van der Waals surface area contributed by atoms with Crippen LogP contribution in [0.15, 0.2) is 18.2 Å². The summed E-state index contributed by atoms with van der Waals surface area (Å²) in [4.78, 5) is 12.1. The van der Waals surface area contributed by atoms with Crippen molar-refractivity contribution in [2.75, 3.05) is 11.9 Å². The molecule has 1 aliphatic heterocycles.